The number of ketones is 1. The maximum atomic E-state index is 14.5. The summed E-state index contributed by atoms with van der Waals surface area (Å²) in [5.41, 5.74) is 1.30. The number of likely N-dealkylation sites (N-methyl/N-ethyl adjacent to an activating group) is 1. The summed E-state index contributed by atoms with van der Waals surface area (Å²) in [5.74, 6) is -1.23. The Hall–Kier alpha value is -3.79. The first-order chi connectivity index (χ1) is 15.9. The quantitative estimate of drug-likeness (QED) is 0.600. The van der Waals surface area contributed by atoms with Gasteiger partial charge in [0.1, 0.15) is 12.2 Å². The van der Waals surface area contributed by atoms with Crippen LogP contribution >= 0.6 is 0 Å². The van der Waals surface area contributed by atoms with E-state index in [1.165, 1.54) is 24.5 Å². The summed E-state index contributed by atoms with van der Waals surface area (Å²) in [6.45, 7) is 0.432. The number of Topliss-reactive ketones (excluding diaryl/α,β-unsaturated/α-hetero) is 1. The van der Waals surface area contributed by atoms with Gasteiger partial charge in [-0.3, -0.25) is 14.6 Å². The summed E-state index contributed by atoms with van der Waals surface area (Å²) in [6.07, 6.45) is 8.44. The first kappa shape index (κ1) is 22.4. The normalized spacial score (nSPS) is 15.2. The molecule has 1 aromatic carbocycles. The molecule has 4 rings (SSSR count). The average Bonchev–Trinajstić information content (AvgIpc) is 3.62. The van der Waals surface area contributed by atoms with Crippen LogP contribution in [-0.4, -0.2) is 66.3 Å². The third-order valence-electron chi connectivity index (χ3n) is 5.04. The average molecular weight is 449 g/mol. The van der Waals surface area contributed by atoms with E-state index < -0.39 is 17.5 Å². The van der Waals surface area contributed by atoms with Crippen molar-refractivity contribution < 1.29 is 14.0 Å². The van der Waals surface area contributed by atoms with Crippen LogP contribution in [0.1, 0.15) is 45.3 Å². The lowest BCUT2D eigenvalue weighted by molar-refractivity contribution is 0.0955. The number of benzene rings is 1. The molecule has 1 fully saturated rings. The molecule has 0 spiro atoms. The van der Waals surface area contributed by atoms with Crippen LogP contribution < -0.4 is 10.6 Å². The summed E-state index contributed by atoms with van der Waals surface area (Å²) in [7, 11) is 3.43. The number of halogens is 1. The van der Waals surface area contributed by atoms with Crippen molar-refractivity contribution in [1.29, 1.82) is 0 Å². The van der Waals surface area contributed by atoms with Crippen molar-refractivity contribution >= 4 is 35.7 Å². The van der Waals surface area contributed by atoms with Gasteiger partial charge in [-0.1, -0.05) is 6.07 Å². The van der Waals surface area contributed by atoms with Gasteiger partial charge in [0.25, 0.3) is 5.91 Å². The van der Waals surface area contributed by atoms with Crippen LogP contribution in [0.15, 0.2) is 46.2 Å². The third-order valence-corrected chi connectivity index (χ3v) is 5.04. The SMILES string of the molecule is CN(C)CC(=O)c1c(F)cccc1NC(=O)c1nc(C2CC2)cnc1NC1=CCN=CN=C1. The van der Waals surface area contributed by atoms with E-state index in [-0.39, 0.29) is 35.2 Å². The standard InChI is InChI=1S/C23H24FN7O2/c1-31(2)12-19(32)20-16(24)4-3-5-17(20)30-23(33)21-22(27-11-18(29-21)14-6-7-14)28-15-8-9-25-13-26-10-15/h3-5,8,10-11,13-14H,6-7,9,12H2,1-2H3,(H,27,28)(H,30,33). The highest BCUT2D eigenvalue weighted by Crippen LogP contribution is 2.39. The number of amides is 1. The first-order valence-electron chi connectivity index (χ1n) is 10.6. The Morgan fingerprint density at radius 1 is 1.24 bits per heavy atom. The predicted octanol–water partition coefficient (Wildman–Crippen LogP) is 2.90. The molecular formula is C23H24FN7O2. The molecule has 2 N–H and O–H groups in total. The van der Waals surface area contributed by atoms with E-state index >= 15 is 0 Å². The van der Waals surface area contributed by atoms with Gasteiger partial charge < -0.3 is 15.5 Å². The van der Waals surface area contributed by atoms with Crippen molar-refractivity contribution in [3.63, 3.8) is 0 Å². The number of nitrogens with zero attached hydrogens (tertiary/aromatic N) is 5. The van der Waals surface area contributed by atoms with E-state index in [0.29, 0.717) is 12.2 Å². The molecule has 1 saturated carbocycles. The van der Waals surface area contributed by atoms with Crippen LogP contribution in [0.4, 0.5) is 15.9 Å². The molecule has 2 aromatic rings. The van der Waals surface area contributed by atoms with Gasteiger partial charge in [0.05, 0.1) is 48.1 Å². The highest BCUT2D eigenvalue weighted by atomic mass is 19.1. The molecule has 9 nitrogen and oxygen atoms in total. The number of carbonyl (C=O) groups excluding carboxylic acids is 2. The van der Waals surface area contributed by atoms with E-state index in [9.17, 15) is 14.0 Å². The molecule has 0 atom stereocenters. The van der Waals surface area contributed by atoms with Crippen molar-refractivity contribution in [1.82, 2.24) is 14.9 Å². The molecule has 0 saturated heterocycles. The highest BCUT2D eigenvalue weighted by molar-refractivity contribution is 6.11. The second-order valence-electron chi connectivity index (χ2n) is 8.09. The number of nitrogens with one attached hydrogen (secondary N) is 2. The maximum Gasteiger partial charge on any atom is 0.278 e. The predicted molar refractivity (Wildman–Crippen MR) is 125 cm³/mol. The Labute approximate surface area is 190 Å². The highest BCUT2D eigenvalue weighted by Gasteiger charge is 2.28. The van der Waals surface area contributed by atoms with E-state index in [0.717, 1.165) is 18.5 Å². The summed E-state index contributed by atoms with van der Waals surface area (Å²) in [5, 5.41) is 5.73. The van der Waals surface area contributed by atoms with Crippen LogP contribution in [0.2, 0.25) is 0 Å². The molecule has 0 bridgehead atoms. The van der Waals surface area contributed by atoms with Crippen molar-refractivity contribution in [3.05, 3.63) is 58.9 Å². The number of carbonyl (C=O) groups is 2. The zero-order valence-electron chi connectivity index (χ0n) is 18.4. The molecular weight excluding hydrogens is 425 g/mol. The van der Waals surface area contributed by atoms with E-state index in [1.54, 1.807) is 37.5 Å². The molecule has 170 valence electrons. The van der Waals surface area contributed by atoms with Crippen LogP contribution in [0, 0.1) is 5.82 Å². The molecule has 1 aliphatic carbocycles. The van der Waals surface area contributed by atoms with Gasteiger partial charge in [-0.05, 0) is 45.1 Å². The van der Waals surface area contributed by atoms with Gasteiger partial charge in [0.15, 0.2) is 17.3 Å². The molecule has 10 heteroatoms. The Morgan fingerprint density at radius 3 is 2.82 bits per heavy atom. The van der Waals surface area contributed by atoms with E-state index in [1.807, 2.05) is 0 Å². The third kappa shape index (κ3) is 5.53. The molecule has 1 amide bonds. The number of allylic oxidation sites excluding steroid dienone is 1. The van der Waals surface area contributed by atoms with Crippen molar-refractivity contribution in [3.8, 4) is 0 Å². The topological polar surface area (TPSA) is 112 Å². The van der Waals surface area contributed by atoms with Gasteiger partial charge in [-0.15, -0.1) is 0 Å². The van der Waals surface area contributed by atoms with Crippen molar-refractivity contribution in [2.75, 3.05) is 37.8 Å². The number of anilines is 2. The Bertz CT molecular complexity index is 1170. The molecule has 0 radical (unpaired) electrons. The summed E-state index contributed by atoms with van der Waals surface area (Å²) in [6, 6.07) is 4.13. The zero-order chi connectivity index (χ0) is 23.4. The minimum absolute atomic E-state index is 0.00312. The number of hydrogen-bond donors (Lipinski definition) is 2. The summed E-state index contributed by atoms with van der Waals surface area (Å²) >= 11 is 0. The Balaban J connectivity index is 1.65. The molecule has 0 unspecified atom stereocenters. The smallest absolute Gasteiger partial charge is 0.278 e. The van der Waals surface area contributed by atoms with Crippen LogP contribution in [0.5, 0.6) is 0 Å². The minimum Gasteiger partial charge on any atom is -0.337 e. The molecule has 1 aliphatic heterocycles. The van der Waals surface area contributed by atoms with Crippen molar-refractivity contribution in [2.24, 2.45) is 9.98 Å². The van der Waals surface area contributed by atoms with Crippen LogP contribution in [-0.2, 0) is 0 Å². The number of hydrogen-bond acceptors (Lipinski definition) is 8. The second-order valence-corrected chi connectivity index (χ2v) is 8.09. The number of aromatic nitrogens is 2. The zero-order valence-corrected chi connectivity index (χ0v) is 18.4. The van der Waals surface area contributed by atoms with Crippen LogP contribution in [0.25, 0.3) is 0 Å². The van der Waals surface area contributed by atoms with E-state index in [2.05, 4.69) is 30.6 Å². The molecule has 2 heterocycles. The lowest BCUT2D eigenvalue weighted by Gasteiger charge is -2.15. The number of rotatable bonds is 8. The molecule has 2 aliphatic rings. The lowest BCUT2D eigenvalue weighted by atomic mass is 10.1. The Kier molecular flexibility index (Phi) is 6.64. The minimum atomic E-state index is -0.698. The number of aliphatic imine (C=N–C) groups is 2. The van der Waals surface area contributed by atoms with Gasteiger partial charge >= 0.3 is 0 Å². The first-order valence-corrected chi connectivity index (χ1v) is 10.6. The van der Waals surface area contributed by atoms with E-state index in [4.69, 9.17) is 0 Å². The van der Waals surface area contributed by atoms with Gasteiger partial charge in [-0.25, -0.2) is 19.4 Å². The van der Waals surface area contributed by atoms with Gasteiger partial charge in [0, 0.05) is 5.92 Å². The molecule has 33 heavy (non-hydrogen) atoms. The fraction of sp³-hybridized carbons (Fsp3) is 0.304. The van der Waals surface area contributed by atoms with Crippen LogP contribution in [0.3, 0.4) is 0 Å². The summed E-state index contributed by atoms with van der Waals surface area (Å²) in [4.78, 5) is 44.6. The summed E-state index contributed by atoms with van der Waals surface area (Å²) < 4.78 is 14.5. The molecule has 1 aromatic heterocycles. The maximum absolute atomic E-state index is 14.5. The fourth-order valence-corrected chi connectivity index (χ4v) is 3.32. The Morgan fingerprint density at radius 2 is 2.06 bits per heavy atom. The second kappa shape index (κ2) is 9.78. The van der Waals surface area contributed by atoms with Crippen molar-refractivity contribution in [2.45, 2.75) is 18.8 Å². The van der Waals surface area contributed by atoms with Gasteiger partial charge in [0.2, 0.25) is 0 Å². The fourth-order valence-electron chi connectivity index (χ4n) is 3.32. The monoisotopic (exact) mass is 449 g/mol. The van der Waals surface area contributed by atoms with Gasteiger partial charge in [-0.2, -0.15) is 0 Å². The lowest BCUT2D eigenvalue weighted by Crippen LogP contribution is -2.25. The largest absolute Gasteiger partial charge is 0.337 e.